The number of para-hydroxylation sites is 2. The molecule has 6 rings (SSSR count). The first kappa shape index (κ1) is 26.5. The first-order chi connectivity index (χ1) is 19.7. The Bertz CT molecular complexity index is 1520. The molecule has 3 aromatic carbocycles. The Morgan fingerprint density at radius 1 is 0.950 bits per heavy atom. The van der Waals surface area contributed by atoms with Crippen LogP contribution in [-0.4, -0.2) is 48.9 Å². The Kier molecular flexibility index (Phi) is 7.82. The third-order valence-corrected chi connectivity index (χ3v) is 9.08. The summed E-state index contributed by atoms with van der Waals surface area (Å²) in [5, 5.41) is 1.14. The van der Waals surface area contributed by atoms with Gasteiger partial charge in [0.25, 0.3) is 0 Å². The maximum Gasteiger partial charge on any atom is 0.233 e. The minimum Gasteiger partial charge on any atom is -0.493 e. The number of methoxy groups -OCH3 is 2. The van der Waals surface area contributed by atoms with Gasteiger partial charge in [0.05, 0.1) is 31.5 Å². The lowest BCUT2D eigenvalue weighted by atomic mass is 9.92. The van der Waals surface area contributed by atoms with E-state index in [0.29, 0.717) is 30.4 Å². The van der Waals surface area contributed by atoms with Crippen LogP contribution in [0.5, 0.6) is 17.2 Å². The maximum atomic E-state index is 14.0. The van der Waals surface area contributed by atoms with Gasteiger partial charge in [0.1, 0.15) is 12.4 Å². The Hall–Kier alpha value is -3.71. The topological polar surface area (TPSA) is 60.9 Å². The number of carbonyl (C=O) groups is 1. The summed E-state index contributed by atoms with van der Waals surface area (Å²) in [5.74, 6) is 2.62. The average Bonchev–Trinajstić information content (AvgIpc) is 3.01. The zero-order chi connectivity index (χ0) is 27.5. The predicted octanol–water partition coefficient (Wildman–Crippen LogP) is 6.43. The van der Waals surface area contributed by atoms with Crippen molar-refractivity contribution >= 4 is 28.6 Å². The number of ether oxygens (including phenoxy) is 3. The first-order valence-corrected chi connectivity index (χ1v) is 14.9. The highest BCUT2D eigenvalue weighted by atomic mass is 32.2. The van der Waals surface area contributed by atoms with Gasteiger partial charge in [-0.15, -0.1) is 11.8 Å². The van der Waals surface area contributed by atoms with Crippen molar-refractivity contribution < 1.29 is 19.0 Å². The second-order valence-electron chi connectivity index (χ2n) is 10.3. The van der Waals surface area contributed by atoms with Gasteiger partial charge in [0.2, 0.25) is 5.91 Å². The van der Waals surface area contributed by atoms with Gasteiger partial charge in [-0.05, 0) is 79.1 Å². The van der Waals surface area contributed by atoms with Crippen molar-refractivity contribution in [3.63, 3.8) is 0 Å². The molecular formula is C33H34N2O4S. The Labute approximate surface area is 239 Å². The molecule has 2 aliphatic rings. The summed E-state index contributed by atoms with van der Waals surface area (Å²) in [6, 6.07) is 21.9. The molecule has 206 valence electrons. The highest BCUT2D eigenvalue weighted by Crippen LogP contribution is 2.40. The Balaban J connectivity index is 1.29. The molecule has 1 aliphatic heterocycles. The molecule has 0 saturated carbocycles. The Morgan fingerprint density at radius 3 is 2.52 bits per heavy atom. The number of benzene rings is 3. The molecular weight excluding hydrogens is 520 g/mol. The van der Waals surface area contributed by atoms with Crippen molar-refractivity contribution in [1.82, 2.24) is 9.88 Å². The van der Waals surface area contributed by atoms with Gasteiger partial charge in [0.15, 0.2) is 11.5 Å². The molecule has 0 N–H and O–H groups in total. The van der Waals surface area contributed by atoms with Crippen molar-refractivity contribution in [3.8, 4) is 17.2 Å². The number of nitrogens with zero attached hydrogens (tertiary/aromatic N) is 2. The van der Waals surface area contributed by atoms with Gasteiger partial charge in [-0.25, -0.2) is 0 Å². The molecule has 0 spiro atoms. The van der Waals surface area contributed by atoms with E-state index in [0.717, 1.165) is 47.0 Å². The smallest absolute Gasteiger partial charge is 0.233 e. The van der Waals surface area contributed by atoms with Gasteiger partial charge in [-0.2, -0.15) is 0 Å². The number of carbonyl (C=O) groups excluding carboxylic acids is 1. The number of fused-ring (bicyclic) bond motifs is 3. The third kappa shape index (κ3) is 5.22. The number of aryl methyl sites for hydroxylation is 1. The van der Waals surface area contributed by atoms with E-state index in [9.17, 15) is 4.79 Å². The standard InChI is InChI=1S/C33H34N2O4S/c1-37-30-18-22-16-17-35(29(26(22)19-31(30)38-2)20-39-23-10-4-3-5-11-23)32(36)21-40-33-24-12-6-8-14-27(24)34-28-15-9-7-13-25(28)33/h3-6,8,10-12,14,18-19,29H,7,9,13,15-17,20-21H2,1-2H3. The van der Waals surface area contributed by atoms with Gasteiger partial charge in [-0.1, -0.05) is 36.4 Å². The average molecular weight is 555 g/mol. The molecule has 1 unspecified atom stereocenters. The number of hydrogen-bond acceptors (Lipinski definition) is 6. The first-order valence-electron chi connectivity index (χ1n) is 13.9. The highest BCUT2D eigenvalue weighted by molar-refractivity contribution is 8.00. The van der Waals surface area contributed by atoms with E-state index in [2.05, 4.69) is 18.2 Å². The quantitative estimate of drug-likeness (QED) is 0.234. The number of rotatable bonds is 8. The third-order valence-electron chi connectivity index (χ3n) is 7.93. The zero-order valence-electron chi connectivity index (χ0n) is 23.0. The molecule has 0 fully saturated rings. The van der Waals surface area contributed by atoms with Crippen molar-refractivity contribution in [2.45, 2.75) is 43.0 Å². The van der Waals surface area contributed by atoms with E-state index in [4.69, 9.17) is 19.2 Å². The molecule has 7 heteroatoms. The molecule has 2 heterocycles. The maximum absolute atomic E-state index is 14.0. The lowest BCUT2D eigenvalue weighted by Crippen LogP contribution is -2.43. The van der Waals surface area contributed by atoms with Crippen molar-refractivity contribution in [1.29, 1.82) is 0 Å². The van der Waals surface area contributed by atoms with Crippen molar-refractivity contribution in [2.24, 2.45) is 0 Å². The molecule has 0 radical (unpaired) electrons. The van der Waals surface area contributed by atoms with Crippen molar-refractivity contribution in [2.75, 3.05) is 33.1 Å². The molecule has 40 heavy (non-hydrogen) atoms. The van der Waals surface area contributed by atoms with Crippen LogP contribution in [-0.2, 0) is 24.1 Å². The molecule has 1 aromatic heterocycles. The number of aromatic nitrogens is 1. The minimum absolute atomic E-state index is 0.109. The van der Waals surface area contributed by atoms with Gasteiger partial charge < -0.3 is 19.1 Å². The summed E-state index contributed by atoms with van der Waals surface area (Å²) in [4.78, 5) is 22.1. The summed E-state index contributed by atoms with van der Waals surface area (Å²) < 4.78 is 17.4. The van der Waals surface area contributed by atoms with Crippen LogP contribution in [0, 0.1) is 0 Å². The number of hydrogen-bond donors (Lipinski definition) is 0. The largest absolute Gasteiger partial charge is 0.493 e. The zero-order valence-corrected chi connectivity index (χ0v) is 23.8. The summed E-state index contributed by atoms with van der Waals surface area (Å²) >= 11 is 1.66. The molecule has 1 aliphatic carbocycles. The van der Waals surface area contributed by atoms with Crippen LogP contribution in [0.4, 0.5) is 0 Å². The summed E-state index contributed by atoms with van der Waals surface area (Å²) in [7, 11) is 3.29. The normalized spacial score (nSPS) is 16.2. The van der Waals surface area contributed by atoms with Gasteiger partial charge in [-0.3, -0.25) is 9.78 Å². The van der Waals surface area contributed by atoms with Crippen LogP contribution in [0.2, 0.25) is 0 Å². The van der Waals surface area contributed by atoms with E-state index in [1.54, 1.807) is 26.0 Å². The van der Waals surface area contributed by atoms with Crippen LogP contribution in [0.15, 0.2) is 71.6 Å². The van der Waals surface area contributed by atoms with E-state index >= 15 is 0 Å². The van der Waals surface area contributed by atoms with Crippen LogP contribution in [0.1, 0.15) is 41.3 Å². The monoisotopic (exact) mass is 554 g/mol. The van der Waals surface area contributed by atoms with Crippen LogP contribution < -0.4 is 14.2 Å². The molecule has 0 saturated heterocycles. The lowest BCUT2D eigenvalue weighted by molar-refractivity contribution is -0.132. The highest BCUT2D eigenvalue weighted by Gasteiger charge is 2.33. The van der Waals surface area contributed by atoms with E-state index < -0.39 is 0 Å². The molecule has 6 nitrogen and oxygen atoms in total. The van der Waals surface area contributed by atoms with Gasteiger partial charge in [0, 0.05) is 22.5 Å². The molecule has 0 bridgehead atoms. The minimum atomic E-state index is -0.236. The Morgan fingerprint density at radius 2 is 1.70 bits per heavy atom. The predicted molar refractivity (Wildman–Crippen MR) is 159 cm³/mol. The van der Waals surface area contributed by atoms with E-state index in [1.165, 1.54) is 29.0 Å². The fraction of sp³-hybridized carbons (Fsp3) is 0.333. The second kappa shape index (κ2) is 11.8. The molecule has 1 atom stereocenters. The fourth-order valence-corrected chi connectivity index (χ4v) is 7.06. The summed E-state index contributed by atoms with van der Waals surface area (Å²) in [5.41, 5.74) is 5.74. The van der Waals surface area contributed by atoms with E-state index in [1.807, 2.05) is 53.4 Å². The van der Waals surface area contributed by atoms with E-state index in [-0.39, 0.29) is 11.9 Å². The number of amides is 1. The SMILES string of the molecule is COc1cc2c(cc1OC)C(COc1ccccc1)N(C(=O)CSc1c3c(nc4ccccc14)CCCC3)CC2. The van der Waals surface area contributed by atoms with Crippen molar-refractivity contribution in [3.05, 3.63) is 89.1 Å². The number of pyridine rings is 1. The molecule has 4 aromatic rings. The lowest BCUT2D eigenvalue weighted by Gasteiger charge is -2.37. The summed E-state index contributed by atoms with van der Waals surface area (Å²) in [6.45, 7) is 0.983. The van der Waals surface area contributed by atoms with Crippen LogP contribution in [0.3, 0.4) is 0 Å². The summed E-state index contributed by atoms with van der Waals surface area (Å²) in [6.07, 6.45) is 5.12. The number of thioether (sulfide) groups is 1. The molecule has 1 amide bonds. The fourth-order valence-electron chi connectivity index (χ4n) is 5.91. The van der Waals surface area contributed by atoms with Gasteiger partial charge >= 0.3 is 0 Å². The second-order valence-corrected chi connectivity index (χ2v) is 11.2. The van der Waals surface area contributed by atoms with Crippen LogP contribution >= 0.6 is 11.8 Å². The van der Waals surface area contributed by atoms with Crippen LogP contribution in [0.25, 0.3) is 10.9 Å².